The molecule has 0 unspecified atom stereocenters. The number of benzene rings is 1. The second kappa shape index (κ2) is 12.8. The number of aliphatic carboxylic acids is 2. The second-order valence-corrected chi connectivity index (χ2v) is 13.5. The fourth-order valence-electron chi connectivity index (χ4n) is 4.76. The van der Waals surface area contributed by atoms with Crippen LogP contribution in [-0.2, 0) is 19.2 Å². The first-order chi connectivity index (χ1) is 19.6. The normalized spacial score (nSPS) is 23.7. The molecule has 3 aliphatic rings. The van der Waals surface area contributed by atoms with E-state index in [1.54, 1.807) is 18.2 Å². The summed E-state index contributed by atoms with van der Waals surface area (Å²) in [4.78, 5) is 51.6. The number of pyridine rings is 1. The maximum atomic E-state index is 13.0. The van der Waals surface area contributed by atoms with Gasteiger partial charge >= 0.3 is 5.97 Å². The van der Waals surface area contributed by atoms with E-state index >= 15 is 0 Å². The molecule has 4 heterocycles. The van der Waals surface area contributed by atoms with E-state index in [0.29, 0.717) is 45.0 Å². The molecule has 0 saturated carbocycles. The number of aromatic nitrogens is 1. The Kier molecular flexibility index (Phi) is 9.41. The van der Waals surface area contributed by atoms with Crippen molar-refractivity contribution >= 4 is 82.2 Å². The van der Waals surface area contributed by atoms with Gasteiger partial charge in [-0.05, 0) is 23.8 Å². The maximum Gasteiger partial charge on any atom is 0.352 e. The molecule has 0 spiro atoms. The zero-order valence-corrected chi connectivity index (χ0v) is 25.2. The topological polar surface area (TPSA) is 143 Å². The van der Waals surface area contributed by atoms with E-state index in [1.165, 1.54) is 40.2 Å². The summed E-state index contributed by atoms with van der Waals surface area (Å²) < 4.78 is 1.89. The fourth-order valence-corrected chi connectivity index (χ4v) is 8.43. The molecule has 2 amide bonds. The molecule has 5 rings (SSSR count). The van der Waals surface area contributed by atoms with E-state index in [1.807, 2.05) is 29.1 Å². The van der Waals surface area contributed by atoms with Gasteiger partial charge in [-0.15, -0.1) is 35.3 Å². The van der Waals surface area contributed by atoms with Gasteiger partial charge in [-0.2, -0.15) is 4.57 Å². The number of β-lactam (4-membered cyclic amide) rings is 1. The lowest BCUT2D eigenvalue weighted by Crippen LogP contribution is -2.70. The number of carboxylic acid groups (broad SMARTS) is 2. The summed E-state index contributed by atoms with van der Waals surface area (Å²) in [6, 6.07) is 7.91. The molecule has 2 aromatic rings. The largest absolute Gasteiger partial charge is 0.550 e. The van der Waals surface area contributed by atoms with E-state index in [2.05, 4.69) is 10.6 Å². The van der Waals surface area contributed by atoms with E-state index in [9.17, 15) is 29.4 Å². The van der Waals surface area contributed by atoms with Gasteiger partial charge in [0.2, 0.25) is 12.1 Å². The van der Waals surface area contributed by atoms with E-state index in [0.717, 1.165) is 4.90 Å². The molecule has 1 aromatic carbocycles. The van der Waals surface area contributed by atoms with Gasteiger partial charge in [-0.1, -0.05) is 23.2 Å². The molecule has 3 aliphatic heterocycles. The van der Waals surface area contributed by atoms with Crippen molar-refractivity contribution in [2.24, 2.45) is 5.92 Å². The molecule has 0 radical (unpaired) electrons. The molecular weight excluding hydrogens is 631 g/mol. The molecule has 3 N–H and O–H groups in total. The van der Waals surface area contributed by atoms with Crippen LogP contribution in [0.15, 0.2) is 63.8 Å². The van der Waals surface area contributed by atoms with Gasteiger partial charge in [-0.25, -0.2) is 4.79 Å². The lowest BCUT2D eigenvalue weighted by Gasteiger charge is -2.49. The number of carboxylic acids is 2. The maximum absolute atomic E-state index is 13.0. The third-order valence-corrected chi connectivity index (χ3v) is 11.0. The van der Waals surface area contributed by atoms with Gasteiger partial charge in [-0.3, -0.25) is 19.8 Å². The first-order valence-electron chi connectivity index (χ1n) is 12.5. The standard InChI is InChI=1S/C26H24Cl2N4O6S3/c27-15-1-2-17(28)18(8-15)40-12-20(33)30-21-23(34)32-22(26(37)38)14(11-41-24(21)32)10-39-16-3-5-31(6-4-16)19-7-13(9-29-19)25(35)36/h1-6,8,13,19,21,24,29H,7,9-12H2,(H2-,30,33,35,36,37,38)/t13-,19+,21+,24+/m0/s1. The van der Waals surface area contributed by atoms with Crippen LogP contribution in [0.1, 0.15) is 12.6 Å². The van der Waals surface area contributed by atoms with Crippen LogP contribution in [0, 0.1) is 5.92 Å². The van der Waals surface area contributed by atoms with Crippen LogP contribution in [0.4, 0.5) is 0 Å². The van der Waals surface area contributed by atoms with Gasteiger partial charge in [0.15, 0.2) is 12.4 Å². The molecule has 0 bridgehead atoms. The van der Waals surface area contributed by atoms with Gasteiger partial charge in [0.1, 0.15) is 17.1 Å². The van der Waals surface area contributed by atoms with Gasteiger partial charge < -0.3 is 20.3 Å². The quantitative estimate of drug-likeness (QED) is 0.197. The zero-order chi connectivity index (χ0) is 29.3. The fraction of sp³-hybridized carbons (Fsp3) is 0.346. The van der Waals surface area contributed by atoms with Crippen molar-refractivity contribution in [2.75, 3.05) is 23.8 Å². The van der Waals surface area contributed by atoms with Crippen LogP contribution in [-0.4, -0.2) is 69.0 Å². The lowest BCUT2D eigenvalue weighted by molar-refractivity contribution is -0.726. The summed E-state index contributed by atoms with van der Waals surface area (Å²) >= 11 is 16.2. The Balaban J connectivity index is 1.17. The van der Waals surface area contributed by atoms with Crippen molar-refractivity contribution in [3.8, 4) is 0 Å². The van der Waals surface area contributed by atoms with Crippen molar-refractivity contribution in [3.63, 3.8) is 0 Å². The Bertz CT molecular complexity index is 1430. The molecular formula is C26H24Cl2N4O6S3. The Hall–Kier alpha value is -2.42. The molecule has 216 valence electrons. The Morgan fingerprint density at radius 3 is 2.63 bits per heavy atom. The summed E-state index contributed by atoms with van der Waals surface area (Å²) in [5, 5.41) is 27.4. The smallest absolute Gasteiger partial charge is 0.352 e. The van der Waals surface area contributed by atoms with Crippen LogP contribution in [0.3, 0.4) is 0 Å². The molecule has 0 aliphatic carbocycles. The number of thioether (sulfide) groups is 3. The summed E-state index contributed by atoms with van der Waals surface area (Å²) in [6.07, 6.45) is 4.00. The second-order valence-electron chi connectivity index (χ2n) is 9.52. The first kappa shape index (κ1) is 30.1. The van der Waals surface area contributed by atoms with E-state index < -0.39 is 35.2 Å². The lowest BCUT2D eigenvalue weighted by atomic mass is 10.0. The predicted octanol–water partition coefficient (Wildman–Crippen LogP) is 1.76. The average Bonchev–Trinajstić information content (AvgIpc) is 3.46. The van der Waals surface area contributed by atoms with Gasteiger partial charge in [0, 0.05) is 63.3 Å². The molecule has 41 heavy (non-hydrogen) atoms. The number of hydrogen-bond acceptors (Lipinski definition) is 9. The highest BCUT2D eigenvalue weighted by atomic mass is 35.5. The summed E-state index contributed by atoms with van der Waals surface area (Å²) in [5.41, 5.74) is 0.588. The van der Waals surface area contributed by atoms with Crippen molar-refractivity contribution in [3.05, 3.63) is 64.0 Å². The van der Waals surface area contributed by atoms with Crippen LogP contribution in [0.25, 0.3) is 0 Å². The van der Waals surface area contributed by atoms with Gasteiger partial charge in [0.25, 0.3) is 5.91 Å². The van der Waals surface area contributed by atoms with Crippen LogP contribution in [0.2, 0.25) is 10.0 Å². The number of amides is 2. The number of carbonyl (C=O) groups excluding carboxylic acids is 3. The third-order valence-electron chi connectivity index (χ3n) is 6.85. The summed E-state index contributed by atoms with van der Waals surface area (Å²) in [6.45, 7) is 0.359. The number of rotatable bonds is 10. The summed E-state index contributed by atoms with van der Waals surface area (Å²) in [5.74, 6) is -2.79. The van der Waals surface area contributed by atoms with E-state index in [4.69, 9.17) is 23.2 Å². The minimum absolute atomic E-state index is 0.0238. The Morgan fingerprint density at radius 1 is 1.20 bits per heavy atom. The van der Waals surface area contributed by atoms with Crippen molar-refractivity contribution in [1.29, 1.82) is 0 Å². The highest BCUT2D eigenvalue weighted by Gasteiger charge is 2.54. The number of halogens is 2. The zero-order valence-electron chi connectivity index (χ0n) is 21.2. The highest BCUT2D eigenvalue weighted by molar-refractivity contribution is 8.01. The number of fused-ring (bicyclic) bond motifs is 1. The van der Waals surface area contributed by atoms with Crippen molar-refractivity contribution in [1.82, 2.24) is 15.5 Å². The number of nitrogens with zero attached hydrogens (tertiary/aromatic N) is 2. The Morgan fingerprint density at radius 2 is 1.95 bits per heavy atom. The molecule has 2 saturated heterocycles. The number of carbonyl (C=O) groups is 4. The number of nitrogens with one attached hydrogen (secondary N) is 2. The van der Waals surface area contributed by atoms with Crippen LogP contribution < -0.4 is 20.3 Å². The minimum Gasteiger partial charge on any atom is -0.550 e. The monoisotopic (exact) mass is 654 g/mol. The van der Waals surface area contributed by atoms with Gasteiger partial charge in [0.05, 0.1) is 10.8 Å². The highest BCUT2D eigenvalue weighted by Crippen LogP contribution is 2.41. The number of hydrogen-bond donors (Lipinski definition) is 3. The predicted molar refractivity (Wildman–Crippen MR) is 154 cm³/mol. The van der Waals surface area contributed by atoms with Crippen molar-refractivity contribution in [2.45, 2.75) is 33.8 Å². The summed E-state index contributed by atoms with van der Waals surface area (Å²) in [7, 11) is 0. The Labute approximate surface area is 258 Å². The first-order valence-corrected chi connectivity index (χ1v) is 16.2. The molecule has 1 aromatic heterocycles. The average molecular weight is 656 g/mol. The molecule has 2 fully saturated rings. The van der Waals surface area contributed by atoms with Crippen molar-refractivity contribution < 1.29 is 34.0 Å². The molecule has 15 heteroatoms. The van der Waals surface area contributed by atoms with E-state index in [-0.39, 0.29) is 23.5 Å². The SMILES string of the molecule is O=C(CSc1cc(Cl)ccc1Cl)N[C@@H]1C(=O)N2C(C(=O)O)=C(CSc3cc[n+]([C@@H]4C[C@H](C(=O)[O-])CN4)cc3)CS[C@H]12. The van der Waals surface area contributed by atoms with Crippen LogP contribution in [0.5, 0.6) is 0 Å². The molecule has 10 nitrogen and oxygen atoms in total. The van der Waals surface area contributed by atoms with Crippen LogP contribution >= 0.6 is 58.5 Å². The molecule has 4 atom stereocenters. The third kappa shape index (κ3) is 6.65. The minimum atomic E-state index is -1.18.